The van der Waals surface area contributed by atoms with Crippen LogP contribution in [0, 0.1) is 6.92 Å². The molecule has 3 aromatic rings. The molecule has 0 amide bonds. The summed E-state index contributed by atoms with van der Waals surface area (Å²) in [6.07, 6.45) is 5.30. The molecule has 1 aromatic carbocycles. The summed E-state index contributed by atoms with van der Waals surface area (Å²) in [5.74, 6) is 1.43. The topological polar surface area (TPSA) is 105 Å². The zero-order chi connectivity index (χ0) is 22.1. The number of nitrogens with zero attached hydrogens (tertiary/aromatic N) is 6. The molecule has 0 atom stereocenters. The van der Waals surface area contributed by atoms with Gasteiger partial charge in [0.05, 0.1) is 17.1 Å². The zero-order valence-corrected chi connectivity index (χ0v) is 18.8. The zero-order valence-electron chi connectivity index (χ0n) is 18.0. The van der Waals surface area contributed by atoms with Crippen molar-refractivity contribution in [3.63, 3.8) is 0 Å². The Morgan fingerprint density at radius 2 is 1.66 bits per heavy atom. The van der Waals surface area contributed by atoms with Crippen molar-refractivity contribution in [3.8, 4) is 23.0 Å². The highest BCUT2D eigenvalue weighted by molar-refractivity contribution is 7.89. The number of rotatable bonds is 5. The van der Waals surface area contributed by atoms with Crippen LogP contribution in [-0.2, 0) is 10.0 Å². The van der Waals surface area contributed by atoms with Crippen LogP contribution in [0.25, 0.3) is 23.0 Å². The molecule has 168 valence electrons. The van der Waals surface area contributed by atoms with E-state index in [9.17, 15) is 8.42 Å². The molecule has 1 aliphatic carbocycles. The second kappa shape index (κ2) is 8.59. The van der Waals surface area contributed by atoms with Crippen LogP contribution in [0.2, 0.25) is 0 Å². The van der Waals surface area contributed by atoms with E-state index in [1.54, 1.807) is 10.5 Å². The Labute approximate surface area is 187 Å². The number of hydrogen-bond donors (Lipinski definition) is 0. The molecule has 32 heavy (non-hydrogen) atoms. The van der Waals surface area contributed by atoms with E-state index < -0.39 is 10.0 Å². The second-order valence-corrected chi connectivity index (χ2v) is 10.5. The van der Waals surface area contributed by atoms with Crippen LogP contribution in [0.1, 0.15) is 31.4 Å². The van der Waals surface area contributed by atoms with Crippen LogP contribution in [0.3, 0.4) is 0 Å². The van der Waals surface area contributed by atoms with Crippen molar-refractivity contribution < 1.29 is 12.8 Å². The van der Waals surface area contributed by atoms with Gasteiger partial charge in [-0.15, -0.1) is 10.2 Å². The molecule has 5 rings (SSSR count). The molecule has 9 nitrogen and oxygen atoms in total. The van der Waals surface area contributed by atoms with E-state index in [0.29, 0.717) is 55.2 Å². The number of benzene rings is 1. The van der Waals surface area contributed by atoms with Crippen molar-refractivity contribution >= 4 is 15.8 Å². The Morgan fingerprint density at radius 1 is 0.969 bits per heavy atom. The van der Waals surface area contributed by atoms with Crippen molar-refractivity contribution in [2.24, 2.45) is 0 Å². The number of aromatic nitrogens is 4. The van der Waals surface area contributed by atoms with E-state index in [4.69, 9.17) is 9.40 Å². The molecule has 2 aromatic heterocycles. The normalized spacial score (nSPS) is 18.3. The fourth-order valence-corrected chi connectivity index (χ4v) is 6.40. The lowest BCUT2D eigenvalue weighted by Gasteiger charge is -2.35. The molecule has 10 heteroatoms. The van der Waals surface area contributed by atoms with Gasteiger partial charge in [-0.1, -0.05) is 31.0 Å². The van der Waals surface area contributed by atoms with Gasteiger partial charge in [0.2, 0.25) is 15.9 Å². The average Bonchev–Trinajstić information content (AvgIpc) is 3.53. The van der Waals surface area contributed by atoms with Gasteiger partial charge in [-0.3, -0.25) is 4.98 Å². The number of piperazine rings is 1. The van der Waals surface area contributed by atoms with E-state index in [1.165, 1.54) is 0 Å². The molecule has 0 radical (unpaired) electrons. The third-order valence-electron chi connectivity index (χ3n) is 6.24. The molecule has 1 saturated carbocycles. The predicted molar refractivity (Wildman–Crippen MR) is 120 cm³/mol. The Morgan fingerprint density at radius 3 is 2.38 bits per heavy atom. The molecule has 1 aliphatic heterocycles. The van der Waals surface area contributed by atoms with E-state index >= 15 is 0 Å². The van der Waals surface area contributed by atoms with E-state index in [1.807, 2.05) is 37.3 Å². The van der Waals surface area contributed by atoms with Crippen molar-refractivity contribution in [1.29, 1.82) is 0 Å². The smallest absolute Gasteiger partial charge is 0.268 e. The Hall–Kier alpha value is -2.85. The maximum Gasteiger partial charge on any atom is 0.268 e. The van der Waals surface area contributed by atoms with Gasteiger partial charge in [0.1, 0.15) is 5.82 Å². The Balaban J connectivity index is 1.32. The molecule has 2 fully saturated rings. The Bertz CT molecular complexity index is 1180. The summed E-state index contributed by atoms with van der Waals surface area (Å²) < 4.78 is 33.3. The lowest BCUT2D eigenvalue weighted by molar-refractivity contribution is 0.377. The van der Waals surface area contributed by atoms with Gasteiger partial charge in [-0.2, -0.15) is 4.31 Å². The number of sulfonamides is 1. The molecule has 0 N–H and O–H groups in total. The van der Waals surface area contributed by atoms with Crippen LogP contribution >= 0.6 is 0 Å². The highest BCUT2D eigenvalue weighted by Crippen LogP contribution is 2.29. The first-order chi connectivity index (χ1) is 15.5. The molecular weight excluding hydrogens is 428 g/mol. The minimum absolute atomic E-state index is 0.212. The molecule has 2 aliphatic rings. The van der Waals surface area contributed by atoms with Gasteiger partial charge in [0.15, 0.2) is 5.69 Å². The van der Waals surface area contributed by atoms with E-state index in [2.05, 4.69) is 20.1 Å². The minimum Gasteiger partial charge on any atom is -0.415 e. The second-order valence-electron chi connectivity index (χ2n) is 8.28. The minimum atomic E-state index is -3.21. The summed E-state index contributed by atoms with van der Waals surface area (Å²) in [7, 11) is -3.21. The standard InChI is InChI=1S/C22H26N6O3S/c1-16-20(22-26-25-21(31-22)17-7-3-2-4-8-17)24-19(15-23-16)27-11-13-28(14-12-27)32(29,30)18-9-5-6-10-18/h2-4,7-8,15,18H,5-6,9-14H2,1H3. The highest BCUT2D eigenvalue weighted by atomic mass is 32.2. The largest absolute Gasteiger partial charge is 0.415 e. The number of aryl methyl sites for hydroxylation is 1. The first-order valence-corrected chi connectivity index (χ1v) is 12.5. The summed E-state index contributed by atoms with van der Waals surface area (Å²) in [5.41, 5.74) is 2.07. The molecule has 0 spiro atoms. The number of anilines is 1. The maximum atomic E-state index is 12.9. The summed E-state index contributed by atoms with van der Waals surface area (Å²) in [4.78, 5) is 11.3. The van der Waals surface area contributed by atoms with Gasteiger partial charge in [0.25, 0.3) is 5.89 Å². The first kappa shape index (κ1) is 21.0. The molecule has 0 unspecified atom stereocenters. The summed E-state index contributed by atoms with van der Waals surface area (Å²) in [6, 6.07) is 9.57. The lowest BCUT2D eigenvalue weighted by atomic mass is 10.2. The van der Waals surface area contributed by atoms with Gasteiger partial charge >= 0.3 is 0 Å². The molecule has 3 heterocycles. The third-order valence-corrected chi connectivity index (χ3v) is 8.64. The fourth-order valence-electron chi connectivity index (χ4n) is 4.38. The third kappa shape index (κ3) is 4.00. The van der Waals surface area contributed by atoms with Crippen LogP contribution in [-0.4, -0.2) is 64.3 Å². The highest BCUT2D eigenvalue weighted by Gasteiger charge is 2.36. The van der Waals surface area contributed by atoms with Gasteiger partial charge < -0.3 is 9.32 Å². The van der Waals surface area contributed by atoms with E-state index in [-0.39, 0.29) is 5.25 Å². The van der Waals surface area contributed by atoms with Crippen LogP contribution in [0.5, 0.6) is 0 Å². The lowest BCUT2D eigenvalue weighted by Crippen LogP contribution is -2.51. The van der Waals surface area contributed by atoms with Gasteiger partial charge in [-0.25, -0.2) is 13.4 Å². The van der Waals surface area contributed by atoms with Gasteiger partial charge in [0, 0.05) is 31.7 Å². The van der Waals surface area contributed by atoms with Crippen LogP contribution in [0.15, 0.2) is 40.9 Å². The Kier molecular flexibility index (Phi) is 5.64. The maximum absolute atomic E-state index is 12.9. The van der Waals surface area contributed by atoms with E-state index in [0.717, 1.165) is 31.2 Å². The quantitative estimate of drug-likeness (QED) is 0.579. The predicted octanol–water partition coefficient (Wildman–Crippen LogP) is 2.90. The summed E-state index contributed by atoms with van der Waals surface area (Å²) in [5, 5.41) is 8.11. The first-order valence-electron chi connectivity index (χ1n) is 11.0. The molecule has 0 bridgehead atoms. The van der Waals surface area contributed by atoms with Gasteiger partial charge in [-0.05, 0) is 31.9 Å². The van der Waals surface area contributed by atoms with Crippen molar-refractivity contribution in [2.75, 3.05) is 31.1 Å². The monoisotopic (exact) mass is 454 g/mol. The molecule has 1 saturated heterocycles. The SMILES string of the molecule is Cc1ncc(N2CCN(S(=O)(=O)C3CCCC3)CC2)nc1-c1nnc(-c2ccccc2)o1. The van der Waals surface area contributed by atoms with Crippen molar-refractivity contribution in [2.45, 2.75) is 37.9 Å². The average molecular weight is 455 g/mol. The van der Waals surface area contributed by atoms with Crippen molar-refractivity contribution in [1.82, 2.24) is 24.5 Å². The van der Waals surface area contributed by atoms with Crippen molar-refractivity contribution in [3.05, 3.63) is 42.2 Å². The molecular formula is C22H26N6O3S. The fraction of sp³-hybridized carbons (Fsp3) is 0.455. The summed E-state index contributed by atoms with van der Waals surface area (Å²) in [6.45, 7) is 3.92. The summed E-state index contributed by atoms with van der Waals surface area (Å²) >= 11 is 0. The van der Waals surface area contributed by atoms with Crippen LogP contribution in [0.4, 0.5) is 5.82 Å². The van der Waals surface area contributed by atoms with Crippen LogP contribution < -0.4 is 4.90 Å². The number of hydrogen-bond acceptors (Lipinski definition) is 8.